The molecule has 0 saturated carbocycles. The van der Waals surface area contributed by atoms with Gasteiger partial charge >= 0.3 is 30.3 Å². The highest BCUT2D eigenvalue weighted by atomic mass is 19.4. The van der Waals surface area contributed by atoms with Crippen LogP contribution in [0.4, 0.5) is 26.3 Å². The number of alkyl halides is 6. The summed E-state index contributed by atoms with van der Waals surface area (Å²) in [4.78, 5) is 40.2. The molecule has 3 heterocycles. The van der Waals surface area contributed by atoms with Gasteiger partial charge in [-0.25, -0.2) is 14.4 Å². The van der Waals surface area contributed by atoms with E-state index in [-0.39, 0.29) is 49.9 Å². The van der Waals surface area contributed by atoms with Crippen molar-refractivity contribution in [2.45, 2.75) is 228 Å². The van der Waals surface area contributed by atoms with Crippen molar-refractivity contribution in [3.63, 3.8) is 0 Å². The monoisotopic (exact) mass is 1040 g/mol. The van der Waals surface area contributed by atoms with Gasteiger partial charge in [-0.05, 0) is 64.4 Å². The Labute approximate surface area is 427 Å². The van der Waals surface area contributed by atoms with E-state index in [1.54, 1.807) is 13.0 Å². The standard InChI is InChI=1S/C56H78F6O11/c1-5-6-7-8-9-10-11-12-13-14-15-25-32-46-47(69-39-68-46)35-36-49(73-52(65)54(67-4,56(60,61)62)43-28-21-17-22-29-43)48-34-33-44(71-48)30-23-18-24-31-45(38-41-37-40(2)70-50(41)63)72-51(64)53(66-3,55(57,58)59)42-26-19-16-20-27-42/h16-17,19-22,26-29,37,40,44-49H,5-15,18,23-25,30-36,38-39H2,1-4H3/t40-,44+,45+,46+,47+,48-,49-,53+,54+/m0/s1. The molecule has 2 fully saturated rings. The number of ether oxygens (including phenoxy) is 8. The van der Waals surface area contributed by atoms with E-state index in [1.807, 2.05) is 0 Å². The average Bonchev–Trinajstić information content (AvgIpc) is 4.10. The van der Waals surface area contributed by atoms with E-state index in [1.165, 1.54) is 106 Å². The van der Waals surface area contributed by atoms with Crippen LogP contribution in [0.15, 0.2) is 72.3 Å². The van der Waals surface area contributed by atoms with Gasteiger partial charge < -0.3 is 37.9 Å². The highest BCUT2D eigenvalue weighted by Gasteiger charge is 2.65. The van der Waals surface area contributed by atoms with Gasteiger partial charge in [-0.1, -0.05) is 157 Å². The molecule has 0 spiro atoms. The molecule has 3 aliphatic heterocycles. The number of carbonyl (C=O) groups is 3. The third kappa shape index (κ3) is 16.5. The van der Waals surface area contributed by atoms with E-state index >= 15 is 13.2 Å². The normalized spacial score (nSPS) is 22.8. The van der Waals surface area contributed by atoms with Crippen molar-refractivity contribution in [2.75, 3.05) is 21.0 Å². The molecule has 0 amide bonds. The highest BCUT2D eigenvalue weighted by molar-refractivity contribution is 5.91. The van der Waals surface area contributed by atoms with E-state index in [4.69, 9.17) is 37.9 Å². The third-order valence-electron chi connectivity index (χ3n) is 14.5. The number of rotatable bonds is 33. The molecule has 0 aromatic heterocycles. The second-order valence-corrected chi connectivity index (χ2v) is 19.8. The second kappa shape index (κ2) is 29.3. The number of methoxy groups -OCH3 is 2. The van der Waals surface area contributed by atoms with Crippen molar-refractivity contribution in [1.29, 1.82) is 0 Å². The SMILES string of the molecule is CCCCCCCCCCCCCC[C@H]1OCO[C@@H]1CC[C@H](OC(=O)[C@](OC)(c1ccccc1)C(F)(F)F)[C@@H]1CC[C@@H](CCCCC[C@H](CC2=C[C@H](C)OC2=O)OC(=O)[C@](OC)(c2ccccc2)C(F)(F)F)O1. The van der Waals surface area contributed by atoms with Crippen LogP contribution in [-0.4, -0.2) is 94.0 Å². The Morgan fingerprint density at radius 1 is 0.630 bits per heavy atom. The van der Waals surface area contributed by atoms with E-state index in [2.05, 4.69) is 6.92 Å². The first-order valence-corrected chi connectivity index (χ1v) is 26.6. The Morgan fingerprint density at radius 2 is 1.12 bits per heavy atom. The molecule has 9 atom stereocenters. The minimum atomic E-state index is -5.19. The summed E-state index contributed by atoms with van der Waals surface area (Å²) in [7, 11) is 1.61. The van der Waals surface area contributed by atoms with Crippen LogP contribution in [0.3, 0.4) is 0 Å². The zero-order valence-corrected chi connectivity index (χ0v) is 43.1. The van der Waals surface area contributed by atoms with Crippen molar-refractivity contribution < 1.29 is 78.6 Å². The highest BCUT2D eigenvalue weighted by Crippen LogP contribution is 2.45. The first-order valence-electron chi connectivity index (χ1n) is 26.6. The summed E-state index contributed by atoms with van der Waals surface area (Å²) >= 11 is 0. The third-order valence-corrected chi connectivity index (χ3v) is 14.5. The lowest BCUT2D eigenvalue weighted by Crippen LogP contribution is -2.53. The maximum absolute atomic E-state index is 15.0. The molecule has 0 unspecified atom stereocenters. The summed E-state index contributed by atoms with van der Waals surface area (Å²) in [5.41, 5.74) is -7.51. The predicted octanol–water partition coefficient (Wildman–Crippen LogP) is 13.4. The largest absolute Gasteiger partial charge is 0.459 e. The van der Waals surface area contributed by atoms with Crippen LogP contribution >= 0.6 is 0 Å². The van der Waals surface area contributed by atoms with Crippen LogP contribution in [0, 0.1) is 0 Å². The zero-order valence-electron chi connectivity index (χ0n) is 43.1. The van der Waals surface area contributed by atoms with Crippen molar-refractivity contribution in [2.24, 2.45) is 0 Å². The van der Waals surface area contributed by atoms with E-state index in [0.717, 1.165) is 52.0 Å². The summed E-state index contributed by atoms with van der Waals surface area (Å²) in [5.74, 6) is -3.91. The molecule has 2 aromatic carbocycles. The molecule has 5 rings (SSSR count). The van der Waals surface area contributed by atoms with E-state index < -0.39 is 77.0 Å². The molecule has 11 nitrogen and oxygen atoms in total. The molecule has 2 aromatic rings. The van der Waals surface area contributed by atoms with Gasteiger partial charge in [0, 0.05) is 37.3 Å². The van der Waals surface area contributed by atoms with Gasteiger partial charge in [-0.15, -0.1) is 0 Å². The Bertz CT molecular complexity index is 1980. The quantitative estimate of drug-likeness (QED) is 0.0294. The Balaban J connectivity index is 1.19. The lowest BCUT2D eigenvalue weighted by molar-refractivity contribution is -0.280. The number of unbranched alkanes of at least 4 members (excludes halogenated alkanes) is 13. The molecule has 0 aliphatic carbocycles. The van der Waals surface area contributed by atoms with Crippen LogP contribution in [0.25, 0.3) is 0 Å². The summed E-state index contributed by atoms with van der Waals surface area (Å²) in [6.45, 7) is 3.96. The molecule has 0 radical (unpaired) electrons. The number of halogens is 6. The Morgan fingerprint density at radius 3 is 1.63 bits per heavy atom. The van der Waals surface area contributed by atoms with Crippen molar-refractivity contribution in [1.82, 2.24) is 0 Å². The van der Waals surface area contributed by atoms with Gasteiger partial charge in [0.05, 0.1) is 24.4 Å². The van der Waals surface area contributed by atoms with Gasteiger partial charge in [0.1, 0.15) is 25.1 Å². The van der Waals surface area contributed by atoms with Gasteiger partial charge in [0.25, 0.3) is 11.2 Å². The van der Waals surface area contributed by atoms with Crippen LogP contribution in [0.1, 0.15) is 173 Å². The fourth-order valence-corrected chi connectivity index (χ4v) is 10.4. The van der Waals surface area contributed by atoms with Crippen molar-refractivity contribution in [3.8, 4) is 0 Å². The van der Waals surface area contributed by atoms with Crippen LogP contribution in [0.5, 0.6) is 0 Å². The summed E-state index contributed by atoms with van der Waals surface area (Å²) in [6.07, 6.45) is 5.50. The molecule has 0 bridgehead atoms. The minimum absolute atomic E-state index is 0.0941. The number of carbonyl (C=O) groups excluding carboxylic acids is 3. The van der Waals surface area contributed by atoms with Gasteiger partial charge in [0.15, 0.2) is 0 Å². The molecule has 0 N–H and O–H groups in total. The second-order valence-electron chi connectivity index (χ2n) is 19.8. The predicted molar refractivity (Wildman–Crippen MR) is 261 cm³/mol. The molecule has 3 aliphatic rings. The number of hydrogen-bond acceptors (Lipinski definition) is 11. The molecule has 73 heavy (non-hydrogen) atoms. The smallest absolute Gasteiger partial charge is 0.432 e. The molecule has 410 valence electrons. The molecular formula is C56H78F6O11. The van der Waals surface area contributed by atoms with Crippen LogP contribution in [0.2, 0.25) is 0 Å². The van der Waals surface area contributed by atoms with Crippen molar-refractivity contribution in [3.05, 3.63) is 83.4 Å². The minimum Gasteiger partial charge on any atom is -0.459 e. The fourth-order valence-electron chi connectivity index (χ4n) is 10.4. The summed E-state index contributed by atoms with van der Waals surface area (Å²) in [6, 6.07) is 13.1. The summed E-state index contributed by atoms with van der Waals surface area (Å²) in [5, 5.41) is 0. The van der Waals surface area contributed by atoms with E-state index in [0.29, 0.717) is 44.9 Å². The molecular weight excluding hydrogens is 963 g/mol. The number of benzene rings is 2. The Kier molecular flexibility index (Phi) is 24.0. The summed E-state index contributed by atoms with van der Waals surface area (Å²) < 4.78 is 134. The maximum atomic E-state index is 15.0. The number of esters is 3. The fraction of sp³-hybridized carbons (Fsp3) is 0.696. The Hall–Kier alpha value is -4.03. The van der Waals surface area contributed by atoms with E-state index in [9.17, 15) is 27.6 Å². The zero-order chi connectivity index (χ0) is 52.9. The lowest BCUT2D eigenvalue weighted by Gasteiger charge is -2.35. The van der Waals surface area contributed by atoms with Gasteiger partial charge in [-0.3, -0.25) is 0 Å². The number of cyclic esters (lactones) is 1. The van der Waals surface area contributed by atoms with Gasteiger partial charge in [-0.2, -0.15) is 26.3 Å². The van der Waals surface area contributed by atoms with Crippen LogP contribution in [-0.2, 0) is 63.5 Å². The topological polar surface area (TPSA) is 125 Å². The van der Waals surface area contributed by atoms with Crippen molar-refractivity contribution >= 4 is 17.9 Å². The average molecular weight is 1040 g/mol. The first kappa shape index (κ1) is 59.8. The maximum Gasteiger partial charge on any atom is 0.432 e. The first-order chi connectivity index (χ1) is 35.0. The number of hydrogen-bond donors (Lipinski definition) is 0. The molecule has 2 saturated heterocycles. The van der Waals surface area contributed by atoms with Gasteiger partial charge in [0.2, 0.25) is 0 Å². The van der Waals surface area contributed by atoms with Crippen LogP contribution < -0.4 is 0 Å². The molecule has 17 heteroatoms. The lowest BCUT2D eigenvalue weighted by atomic mass is 9.92.